The van der Waals surface area contributed by atoms with E-state index in [9.17, 15) is 4.79 Å². The largest absolute Gasteiger partial charge is 0.339 e. The standard InChI is InChI=1S/C13H18Cl2N2OS.ClH/c1-16-5-2-9-3-6-17(7-4-9)13(18)10-8-11(14)19-12(10)15;/h8-9,16H,2-7H2,1H3;1H. The van der Waals surface area contributed by atoms with Gasteiger partial charge in [0.1, 0.15) is 4.34 Å². The molecule has 1 saturated heterocycles. The van der Waals surface area contributed by atoms with Gasteiger partial charge in [-0.15, -0.1) is 23.7 Å². The average Bonchev–Trinajstić information content (AvgIpc) is 2.75. The molecule has 2 rings (SSSR count). The summed E-state index contributed by atoms with van der Waals surface area (Å²) in [5.74, 6) is 0.734. The fraction of sp³-hybridized carbons (Fsp3) is 0.615. The van der Waals surface area contributed by atoms with E-state index in [-0.39, 0.29) is 18.3 Å². The van der Waals surface area contributed by atoms with Gasteiger partial charge in [-0.25, -0.2) is 0 Å². The predicted octanol–water partition coefficient (Wildman–Crippen LogP) is 3.94. The summed E-state index contributed by atoms with van der Waals surface area (Å²) < 4.78 is 1.06. The molecule has 7 heteroatoms. The highest BCUT2D eigenvalue weighted by atomic mass is 35.5. The van der Waals surface area contributed by atoms with E-state index >= 15 is 0 Å². The molecule has 0 radical (unpaired) electrons. The van der Waals surface area contributed by atoms with Crippen LogP contribution in [-0.2, 0) is 0 Å². The lowest BCUT2D eigenvalue weighted by Gasteiger charge is -2.32. The van der Waals surface area contributed by atoms with E-state index in [0.29, 0.717) is 14.2 Å². The minimum atomic E-state index is 0. The van der Waals surface area contributed by atoms with Crippen molar-refractivity contribution in [2.24, 2.45) is 5.92 Å². The lowest BCUT2D eigenvalue weighted by atomic mass is 9.93. The van der Waals surface area contributed by atoms with Gasteiger partial charge in [-0.05, 0) is 44.8 Å². The van der Waals surface area contributed by atoms with Crippen LogP contribution in [0.3, 0.4) is 0 Å². The van der Waals surface area contributed by atoms with Crippen LogP contribution < -0.4 is 5.32 Å². The summed E-state index contributed by atoms with van der Waals surface area (Å²) in [5, 5.41) is 3.17. The number of nitrogens with zero attached hydrogens (tertiary/aromatic N) is 1. The van der Waals surface area contributed by atoms with Crippen molar-refractivity contribution in [3.63, 3.8) is 0 Å². The van der Waals surface area contributed by atoms with Crippen molar-refractivity contribution in [3.05, 3.63) is 20.3 Å². The molecule has 1 aromatic rings. The molecule has 0 atom stereocenters. The van der Waals surface area contributed by atoms with Gasteiger partial charge in [-0.1, -0.05) is 23.2 Å². The Hall–Kier alpha value is -0.000000000000000222. The third-order valence-corrected chi connectivity index (χ3v) is 5.08. The normalized spacial score (nSPS) is 16.1. The highest BCUT2D eigenvalue weighted by Crippen LogP contribution is 2.32. The van der Waals surface area contributed by atoms with E-state index in [4.69, 9.17) is 23.2 Å². The summed E-state index contributed by atoms with van der Waals surface area (Å²) >= 11 is 13.2. The second-order valence-corrected chi connectivity index (χ2v) is 7.15. The molecule has 3 nitrogen and oxygen atoms in total. The van der Waals surface area contributed by atoms with Crippen LogP contribution in [-0.4, -0.2) is 37.5 Å². The molecule has 114 valence electrons. The molecule has 1 aliphatic heterocycles. The number of nitrogens with one attached hydrogen (secondary N) is 1. The number of hydrogen-bond donors (Lipinski definition) is 1. The van der Waals surface area contributed by atoms with E-state index in [0.717, 1.165) is 38.4 Å². The smallest absolute Gasteiger partial charge is 0.256 e. The molecule has 1 amide bonds. The van der Waals surface area contributed by atoms with Gasteiger partial charge in [0.05, 0.1) is 9.90 Å². The number of piperidine rings is 1. The molecule has 0 bridgehead atoms. The number of rotatable bonds is 4. The maximum Gasteiger partial charge on any atom is 0.256 e. The number of halogens is 3. The number of amides is 1. The van der Waals surface area contributed by atoms with Gasteiger partial charge in [-0.3, -0.25) is 4.79 Å². The zero-order chi connectivity index (χ0) is 13.8. The Labute approximate surface area is 140 Å². The predicted molar refractivity (Wildman–Crippen MR) is 88.8 cm³/mol. The Morgan fingerprint density at radius 2 is 2.10 bits per heavy atom. The first-order valence-corrected chi connectivity index (χ1v) is 8.07. The van der Waals surface area contributed by atoms with Crippen LogP contribution in [0.1, 0.15) is 29.6 Å². The Morgan fingerprint density at radius 1 is 1.45 bits per heavy atom. The average molecular weight is 358 g/mol. The molecule has 0 aromatic carbocycles. The molecule has 1 fully saturated rings. The van der Waals surface area contributed by atoms with E-state index in [1.54, 1.807) is 6.07 Å². The summed E-state index contributed by atoms with van der Waals surface area (Å²) in [6.07, 6.45) is 3.33. The van der Waals surface area contributed by atoms with Gasteiger partial charge in [0.25, 0.3) is 5.91 Å². The van der Waals surface area contributed by atoms with Gasteiger partial charge in [0.2, 0.25) is 0 Å². The molecule has 0 aliphatic carbocycles. The van der Waals surface area contributed by atoms with E-state index in [1.165, 1.54) is 17.8 Å². The third-order valence-electron chi connectivity index (χ3n) is 3.59. The van der Waals surface area contributed by atoms with Crippen LogP contribution >= 0.6 is 46.9 Å². The molecule has 20 heavy (non-hydrogen) atoms. The first-order chi connectivity index (χ1) is 9.11. The SMILES string of the molecule is CNCCC1CCN(C(=O)c2cc(Cl)sc2Cl)CC1.Cl. The van der Waals surface area contributed by atoms with Crippen molar-refractivity contribution in [2.45, 2.75) is 19.3 Å². The fourth-order valence-electron chi connectivity index (χ4n) is 2.43. The van der Waals surface area contributed by atoms with Crippen molar-refractivity contribution >= 4 is 52.9 Å². The molecule has 0 saturated carbocycles. The van der Waals surface area contributed by atoms with Crippen LogP contribution in [0.5, 0.6) is 0 Å². The van der Waals surface area contributed by atoms with E-state index < -0.39 is 0 Å². The molecule has 1 N–H and O–H groups in total. The lowest BCUT2D eigenvalue weighted by molar-refractivity contribution is 0.0688. The summed E-state index contributed by atoms with van der Waals surface area (Å²) in [5.41, 5.74) is 0.547. The number of hydrogen-bond acceptors (Lipinski definition) is 3. The highest BCUT2D eigenvalue weighted by molar-refractivity contribution is 7.20. The Balaban J connectivity index is 0.00000200. The zero-order valence-corrected chi connectivity index (χ0v) is 14.5. The second kappa shape index (κ2) is 8.44. The summed E-state index contributed by atoms with van der Waals surface area (Å²) in [6.45, 7) is 2.68. The molecular formula is C13H19Cl3N2OS. The minimum absolute atomic E-state index is 0. The van der Waals surface area contributed by atoms with Gasteiger partial charge >= 0.3 is 0 Å². The van der Waals surface area contributed by atoms with Crippen molar-refractivity contribution in [2.75, 3.05) is 26.7 Å². The van der Waals surface area contributed by atoms with Crippen LogP contribution in [0.2, 0.25) is 8.67 Å². The van der Waals surface area contributed by atoms with Gasteiger partial charge in [-0.2, -0.15) is 0 Å². The first-order valence-electron chi connectivity index (χ1n) is 6.50. The second-order valence-electron chi connectivity index (χ2n) is 4.87. The number of likely N-dealkylation sites (tertiary alicyclic amines) is 1. The minimum Gasteiger partial charge on any atom is -0.339 e. The van der Waals surface area contributed by atoms with Crippen LogP contribution in [0.25, 0.3) is 0 Å². The Kier molecular flexibility index (Phi) is 7.62. The van der Waals surface area contributed by atoms with Crippen LogP contribution in [0.4, 0.5) is 0 Å². The van der Waals surface area contributed by atoms with Crippen LogP contribution in [0, 0.1) is 5.92 Å². The monoisotopic (exact) mass is 356 g/mol. The quantitative estimate of drug-likeness (QED) is 0.885. The highest BCUT2D eigenvalue weighted by Gasteiger charge is 2.25. The zero-order valence-electron chi connectivity index (χ0n) is 11.3. The molecule has 1 aromatic heterocycles. The molecule has 2 heterocycles. The maximum absolute atomic E-state index is 12.3. The maximum atomic E-state index is 12.3. The summed E-state index contributed by atoms with van der Waals surface area (Å²) in [7, 11) is 1.97. The lowest BCUT2D eigenvalue weighted by Crippen LogP contribution is -2.38. The van der Waals surface area contributed by atoms with Crippen molar-refractivity contribution < 1.29 is 4.79 Å². The molecule has 1 aliphatic rings. The Morgan fingerprint density at radius 3 is 2.60 bits per heavy atom. The van der Waals surface area contributed by atoms with E-state index in [2.05, 4.69) is 5.32 Å². The third kappa shape index (κ3) is 4.50. The molecule has 0 spiro atoms. The summed E-state index contributed by atoms with van der Waals surface area (Å²) in [6, 6.07) is 1.67. The summed E-state index contributed by atoms with van der Waals surface area (Å²) in [4.78, 5) is 14.2. The molecular weight excluding hydrogens is 339 g/mol. The van der Waals surface area contributed by atoms with Gasteiger partial charge in [0, 0.05) is 13.1 Å². The number of thiophene rings is 1. The number of carbonyl (C=O) groups excluding carboxylic acids is 1. The van der Waals surface area contributed by atoms with Gasteiger partial charge in [0.15, 0.2) is 0 Å². The Bertz CT molecular complexity index is 445. The van der Waals surface area contributed by atoms with Crippen LogP contribution in [0.15, 0.2) is 6.07 Å². The molecule has 0 unspecified atom stereocenters. The number of carbonyl (C=O) groups is 1. The van der Waals surface area contributed by atoms with Crippen molar-refractivity contribution in [1.29, 1.82) is 0 Å². The van der Waals surface area contributed by atoms with Crippen molar-refractivity contribution in [1.82, 2.24) is 10.2 Å². The van der Waals surface area contributed by atoms with Gasteiger partial charge < -0.3 is 10.2 Å². The first kappa shape index (κ1) is 18.1. The van der Waals surface area contributed by atoms with E-state index in [1.807, 2.05) is 11.9 Å². The van der Waals surface area contributed by atoms with Crippen molar-refractivity contribution in [3.8, 4) is 0 Å². The fourth-order valence-corrected chi connectivity index (χ4v) is 3.88. The topological polar surface area (TPSA) is 32.3 Å².